The Hall–Kier alpha value is -3.06. The van der Waals surface area contributed by atoms with E-state index in [0.29, 0.717) is 34.6 Å². The van der Waals surface area contributed by atoms with Gasteiger partial charge in [-0.1, -0.05) is 11.6 Å². The van der Waals surface area contributed by atoms with Crippen LogP contribution < -0.4 is 15.4 Å². The minimum atomic E-state index is -0.363. The van der Waals surface area contributed by atoms with Gasteiger partial charge < -0.3 is 19.8 Å². The molecule has 0 atom stereocenters. The standard InChI is InChI=1S/C18H17ClN4O3/c1-11-21-15(9-17(22-11)20-10-13-4-3-7-26-13)18(24)23-12-5-6-16(25-2)14(19)8-12/h3-9H,10H2,1-2H3,(H,23,24)(H,20,21,22). The highest BCUT2D eigenvalue weighted by Gasteiger charge is 2.12. The number of furan rings is 1. The number of halogens is 1. The molecular formula is C18H17ClN4O3. The molecule has 1 aromatic carbocycles. The maximum Gasteiger partial charge on any atom is 0.274 e. The third-order valence-electron chi connectivity index (χ3n) is 3.50. The molecule has 0 saturated heterocycles. The first kappa shape index (κ1) is 17.8. The van der Waals surface area contributed by atoms with Gasteiger partial charge in [0.05, 0.1) is 24.9 Å². The topological polar surface area (TPSA) is 89.3 Å². The Kier molecular flexibility index (Phi) is 5.38. The first-order valence-corrected chi connectivity index (χ1v) is 8.20. The summed E-state index contributed by atoms with van der Waals surface area (Å²) >= 11 is 6.08. The van der Waals surface area contributed by atoms with E-state index >= 15 is 0 Å². The van der Waals surface area contributed by atoms with E-state index in [1.165, 1.54) is 7.11 Å². The number of hydrogen-bond donors (Lipinski definition) is 2. The molecule has 0 aliphatic rings. The van der Waals surface area contributed by atoms with E-state index in [0.717, 1.165) is 5.76 Å². The molecule has 8 heteroatoms. The van der Waals surface area contributed by atoms with Gasteiger partial charge in [-0.05, 0) is 37.3 Å². The number of aryl methyl sites for hydroxylation is 1. The first-order chi connectivity index (χ1) is 12.5. The summed E-state index contributed by atoms with van der Waals surface area (Å²) in [5.74, 6) is 1.95. The number of amides is 1. The fraction of sp³-hybridized carbons (Fsp3) is 0.167. The molecule has 1 amide bonds. The molecule has 0 radical (unpaired) electrons. The number of rotatable bonds is 6. The Balaban J connectivity index is 1.73. The third kappa shape index (κ3) is 4.31. The minimum Gasteiger partial charge on any atom is -0.495 e. The third-order valence-corrected chi connectivity index (χ3v) is 3.80. The molecule has 0 aliphatic carbocycles. The molecule has 3 rings (SSSR count). The van der Waals surface area contributed by atoms with Crippen LogP contribution >= 0.6 is 11.6 Å². The molecule has 134 valence electrons. The van der Waals surface area contributed by atoms with Gasteiger partial charge in [-0.25, -0.2) is 9.97 Å². The number of anilines is 2. The van der Waals surface area contributed by atoms with Crippen LogP contribution in [0.3, 0.4) is 0 Å². The molecule has 7 nitrogen and oxygen atoms in total. The van der Waals surface area contributed by atoms with Gasteiger partial charge in [0.1, 0.15) is 28.8 Å². The van der Waals surface area contributed by atoms with Crippen molar-refractivity contribution in [3.63, 3.8) is 0 Å². The lowest BCUT2D eigenvalue weighted by Gasteiger charge is -2.10. The van der Waals surface area contributed by atoms with Crippen molar-refractivity contribution in [1.82, 2.24) is 9.97 Å². The summed E-state index contributed by atoms with van der Waals surface area (Å²) in [6.45, 7) is 2.18. The van der Waals surface area contributed by atoms with Gasteiger partial charge in [0.25, 0.3) is 5.91 Å². The van der Waals surface area contributed by atoms with Crippen molar-refractivity contribution in [2.75, 3.05) is 17.7 Å². The minimum absolute atomic E-state index is 0.242. The number of ether oxygens (including phenoxy) is 1. The van der Waals surface area contributed by atoms with Gasteiger partial charge in [-0.15, -0.1) is 0 Å². The number of methoxy groups -OCH3 is 1. The molecule has 26 heavy (non-hydrogen) atoms. The maximum atomic E-state index is 12.5. The van der Waals surface area contributed by atoms with Crippen molar-refractivity contribution in [3.8, 4) is 5.75 Å². The largest absolute Gasteiger partial charge is 0.495 e. The lowest BCUT2D eigenvalue weighted by molar-refractivity contribution is 0.102. The number of carbonyl (C=O) groups is 1. The van der Waals surface area contributed by atoms with E-state index in [2.05, 4.69) is 20.6 Å². The highest BCUT2D eigenvalue weighted by atomic mass is 35.5. The summed E-state index contributed by atoms with van der Waals surface area (Å²) in [5.41, 5.74) is 0.786. The summed E-state index contributed by atoms with van der Waals surface area (Å²) in [4.78, 5) is 21.0. The monoisotopic (exact) mass is 372 g/mol. The molecule has 0 fully saturated rings. The van der Waals surface area contributed by atoms with Gasteiger partial charge in [0.2, 0.25) is 0 Å². The van der Waals surface area contributed by atoms with Crippen molar-refractivity contribution in [2.24, 2.45) is 0 Å². The normalized spacial score (nSPS) is 10.4. The van der Waals surface area contributed by atoms with Crippen LogP contribution in [-0.2, 0) is 6.54 Å². The summed E-state index contributed by atoms with van der Waals surface area (Å²) < 4.78 is 10.4. The summed E-state index contributed by atoms with van der Waals surface area (Å²) in [7, 11) is 1.53. The zero-order valence-electron chi connectivity index (χ0n) is 14.2. The number of carbonyl (C=O) groups excluding carboxylic acids is 1. The zero-order valence-corrected chi connectivity index (χ0v) is 15.0. The Morgan fingerprint density at radius 2 is 2.12 bits per heavy atom. The number of nitrogens with one attached hydrogen (secondary N) is 2. The average Bonchev–Trinajstić information content (AvgIpc) is 3.13. The molecule has 3 aromatic rings. The van der Waals surface area contributed by atoms with Gasteiger partial charge in [-0.2, -0.15) is 0 Å². The fourth-order valence-corrected chi connectivity index (χ4v) is 2.56. The summed E-state index contributed by atoms with van der Waals surface area (Å²) in [5, 5.41) is 6.28. The Bertz CT molecular complexity index is 913. The van der Waals surface area contributed by atoms with Gasteiger partial charge in [-0.3, -0.25) is 4.79 Å². The van der Waals surface area contributed by atoms with Gasteiger partial charge in [0.15, 0.2) is 0 Å². The molecule has 2 aromatic heterocycles. The zero-order chi connectivity index (χ0) is 18.5. The molecule has 2 N–H and O–H groups in total. The van der Waals surface area contributed by atoms with E-state index < -0.39 is 0 Å². The van der Waals surface area contributed by atoms with E-state index in [9.17, 15) is 4.79 Å². The van der Waals surface area contributed by atoms with Crippen LogP contribution in [0.1, 0.15) is 22.1 Å². The molecule has 0 saturated carbocycles. The molecule has 0 unspecified atom stereocenters. The smallest absolute Gasteiger partial charge is 0.274 e. The molecule has 0 spiro atoms. The van der Waals surface area contributed by atoms with Crippen LogP contribution in [0.5, 0.6) is 5.75 Å². The van der Waals surface area contributed by atoms with Crippen LogP contribution in [0.25, 0.3) is 0 Å². The van der Waals surface area contributed by atoms with Gasteiger partial charge in [0, 0.05) is 11.8 Å². The second-order valence-electron chi connectivity index (χ2n) is 5.42. The molecule has 0 aliphatic heterocycles. The Labute approximate surface area is 155 Å². The van der Waals surface area contributed by atoms with Gasteiger partial charge >= 0.3 is 0 Å². The Morgan fingerprint density at radius 1 is 1.27 bits per heavy atom. The van der Waals surface area contributed by atoms with Crippen molar-refractivity contribution in [3.05, 3.63) is 65.0 Å². The molecular weight excluding hydrogens is 356 g/mol. The van der Waals surface area contributed by atoms with Crippen LogP contribution in [0.2, 0.25) is 5.02 Å². The number of hydrogen-bond acceptors (Lipinski definition) is 6. The maximum absolute atomic E-state index is 12.5. The fourth-order valence-electron chi connectivity index (χ4n) is 2.30. The predicted octanol–water partition coefficient (Wildman–Crippen LogP) is 3.90. The second-order valence-corrected chi connectivity index (χ2v) is 5.83. The number of aromatic nitrogens is 2. The highest BCUT2D eigenvalue weighted by Crippen LogP contribution is 2.27. The van der Waals surface area contributed by atoms with Crippen molar-refractivity contribution >= 4 is 29.0 Å². The molecule has 2 heterocycles. The van der Waals surface area contributed by atoms with E-state index in [4.69, 9.17) is 20.8 Å². The van der Waals surface area contributed by atoms with Crippen molar-refractivity contribution < 1.29 is 13.9 Å². The van der Waals surface area contributed by atoms with E-state index in [1.54, 1.807) is 43.5 Å². The number of benzene rings is 1. The summed E-state index contributed by atoms with van der Waals surface area (Å²) in [6, 6.07) is 10.2. The van der Waals surface area contributed by atoms with E-state index in [1.807, 2.05) is 6.07 Å². The summed E-state index contributed by atoms with van der Waals surface area (Å²) in [6.07, 6.45) is 1.60. The first-order valence-electron chi connectivity index (χ1n) is 7.82. The second kappa shape index (κ2) is 7.88. The Morgan fingerprint density at radius 3 is 2.81 bits per heavy atom. The number of nitrogens with zero attached hydrogens (tertiary/aromatic N) is 2. The SMILES string of the molecule is COc1ccc(NC(=O)c2cc(NCc3ccco3)nc(C)n2)cc1Cl. The molecule has 0 bridgehead atoms. The van der Waals surface area contributed by atoms with Crippen molar-refractivity contribution in [1.29, 1.82) is 0 Å². The van der Waals surface area contributed by atoms with Crippen LogP contribution in [-0.4, -0.2) is 23.0 Å². The van der Waals surface area contributed by atoms with Crippen molar-refractivity contribution in [2.45, 2.75) is 13.5 Å². The van der Waals surface area contributed by atoms with E-state index in [-0.39, 0.29) is 11.6 Å². The quantitative estimate of drug-likeness (QED) is 0.682. The van der Waals surface area contributed by atoms with Crippen LogP contribution in [0.15, 0.2) is 47.1 Å². The van der Waals surface area contributed by atoms with Crippen LogP contribution in [0, 0.1) is 6.92 Å². The lowest BCUT2D eigenvalue weighted by atomic mass is 10.2. The lowest BCUT2D eigenvalue weighted by Crippen LogP contribution is -2.15. The van der Waals surface area contributed by atoms with Crippen LogP contribution in [0.4, 0.5) is 11.5 Å². The highest BCUT2D eigenvalue weighted by molar-refractivity contribution is 6.32. The predicted molar refractivity (Wildman–Crippen MR) is 98.8 cm³/mol. The average molecular weight is 373 g/mol.